The lowest BCUT2D eigenvalue weighted by molar-refractivity contribution is -0.172. The number of benzene rings is 2. The molecule has 2 aliphatic heterocycles. The van der Waals surface area contributed by atoms with Crippen molar-refractivity contribution in [2.24, 2.45) is 0 Å². The fourth-order valence-electron chi connectivity index (χ4n) is 5.09. The van der Waals surface area contributed by atoms with Crippen LogP contribution < -0.4 is 5.56 Å². The molecule has 1 N–H and O–H groups in total. The Bertz CT molecular complexity index is 1540. The van der Waals surface area contributed by atoms with Crippen LogP contribution in [0.5, 0.6) is 0 Å². The summed E-state index contributed by atoms with van der Waals surface area (Å²) in [5, 5.41) is 14.2. The first-order chi connectivity index (χ1) is 15.5. The van der Waals surface area contributed by atoms with Gasteiger partial charge in [-0.3, -0.25) is 4.79 Å². The summed E-state index contributed by atoms with van der Waals surface area (Å²) in [7, 11) is 0. The zero-order chi connectivity index (χ0) is 22.2. The molecule has 6 nitrogen and oxygen atoms in total. The maximum Gasteiger partial charge on any atom is 0.343 e. The normalized spacial score (nSPS) is 19.0. The Kier molecular flexibility index (Phi) is 4.04. The first kappa shape index (κ1) is 19.5. The number of fused-ring (bicyclic) bond motifs is 7. The molecule has 32 heavy (non-hydrogen) atoms. The van der Waals surface area contributed by atoms with Crippen molar-refractivity contribution in [2.75, 3.05) is 0 Å². The first-order valence-electron chi connectivity index (χ1n) is 10.5. The van der Waals surface area contributed by atoms with Crippen molar-refractivity contribution in [1.29, 1.82) is 0 Å². The van der Waals surface area contributed by atoms with Crippen molar-refractivity contribution in [3.05, 3.63) is 75.1 Å². The summed E-state index contributed by atoms with van der Waals surface area (Å²) in [6.07, 6.45) is 0.110. The third-order valence-electron chi connectivity index (χ3n) is 6.83. The topological polar surface area (TPSA) is 81.4 Å². The number of alkyl halides is 1. The monoisotopic (exact) mass is 446 g/mol. The molecular formula is C25H19ClN2O4. The highest BCUT2D eigenvalue weighted by Gasteiger charge is 2.45. The van der Waals surface area contributed by atoms with Crippen molar-refractivity contribution in [3.63, 3.8) is 0 Å². The van der Waals surface area contributed by atoms with Crippen LogP contribution in [-0.4, -0.2) is 20.6 Å². The van der Waals surface area contributed by atoms with Gasteiger partial charge in [0.2, 0.25) is 0 Å². The van der Waals surface area contributed by atoms with Crippen LogP contribution in [0.25, 0.3) is 33.1 Å². The van der Waals surface area contributed by atoms with Crippen LogP contribution >= 0.6 is 11.6 Å². The number of halogens is 1. The van der Waals surface area contributed by atoms with Gasteiger partial charge in [-0.2, -0.15) is 0 Å². The SMILES string of the molecule is CC[C@@]1(O)C(=O)OCc2c1cc1n(c2=O)Cc2c-1nc1ccc3ccccc3c1c2CCl. The van der Waals surface area contributed by atoms with Gasteiger partial charge in [0.05, 0.1) is 29.0 Å². The van der Waals surface area contributed by atoms with E-state index in [1.807, 2.05) is 24.3 Å². The van der Waals surface area contributed by atoms with Gasteiger partial charge in [0.25, 0.3) is 5.56 Å². The van der Waals surface area contributed by atoms with Gasteiger partial charge in [-0.15, -0.1) is 11.6 Å². The number of cyclic esters (lactones) is 1. The molecule has 4 heterocycles. The van der Waals surface area contributed by atoms with Crippen molar-refractivity contribution in [2.45, 2.75) is 38.0 Å². The highest BCUT2D eigenvalue weighted by Crippen LogP contribution is 2.41. The standard InChI is InChI=1S/C25H19ClN2O4/c1-2-25(31)18-9-20-22-16(11-28(20)23(29)17(18)12-32-24(25)30)15(10-26)21-14-6-4-3-5-13(14)7-8-19(21)27-22/h3-9,31H,2,10-12H2,1H3/t25-/m0/s1. The Morgan fingerprint density at radius 2 is 2.00 bits per heavy atom. The van der Waals surface area contributed by atoms with Crippen molar-refractivity contribution in [3.8, 4) is 11.4 Å². The van der Waals surface area contributed by atoms with Crippen LogP contribution in [0.15, 0.2) is 47.3 Å². The summed E-state index contributed by atoms with van der Waals surface area (Å²) in [5.41, 5.74) is 2.41. The largest absolute Gasteiger partial charge is 0.458 e. The van der Waals surface area contributed by atoms with Crippen LogP contribution in [0.3, 0.4) is 0 Å². The second-order valence-electron chi connectivity index (χ2n) is 8.34. The number of ether oxygens (including phenoxy) is 1. The number of carbonyl (C=O) groups is 1. The van der Waals surface area contributed by atoms with E-state index >= 15 is 0 Å². The summed E-state index contributed by atoms with van der Waals surface area (Å²) in [5.74, 6) is -0.451. The van der Waals surface area contributed by atoms with Crippen molar-refractivity contribution < 1.29 is 14.6 Å². The molecule has 1 atom stereocenters. The molecule has 7 heteroatoms. The molecule has 6 rings (SSSR count). The van der Waals surface area contributed by atoms with E-state index in [0.29, 0.717) is 29.1 Å². The number of pyridine rings is 2. The fraction of sp³-hybridized carbons (Fsp3) is 0.240. The van der Waals surface area contributed by atoms with Gasteiger partial charge in [-0.1, -0.05) is 37.3 Å². The Morgan fingerprint density at radius 1 is 1.19 bits per heavy atom. The molecule has 160 valence electrons. The number of rotatable bonds is 2. The Hall–Kier alpha value is -3.22. The maximum atomic E-state index is 13.4. The van der Waals surface area contributed by atoms with Crippen LogP contribution in [-0.2, 0) is 34.2 Å². The average Bonchev–Trinajstić information content (AvgIpc) is 3.19. The number of nitrogens with zero attached hydrogens (tertiary/aromatic N) is 2. The van der Waals surface area contributed by atoms with Crippen molar-refractivity contribution >= 4 is 39.2 Å². The lowest BCUT2D eigenvalue weighted by atomic mass is 9.86. The minimum atomic E-state index is -1.84. The van der Waals surface area contributed by atoms with Gasteiger partial charge in [0, 0.05) is 22.4 Å². The zero-order valence-corrected chi connectivity index (χ0v) is 18.1. The van der Waals surface area contributed by atoms with Gasteiger partial charge in [-0.05, 0) is 34.9 Å². The summed E-state index contributed by atoms with van der Waals surface area (Å²) in [4.78, 5) is 30.7. The van der Waals surface area contributed by atoms with E-state index in [1.165, 1.54) is 0 Å². The molecule has 2 aromatic heterocycles. The quantitative estimate of drug-likeness (QED) is 0.252. The van der Waals surface area contributed by atoms with E-state index in [0.717, 1.165) is 32.8 Å². The molecule has 2 aliphatic rings. The van der Waals surface area contributed by atoms with Gasteiger partial charge >= 0.3 is 5.97 Å². The summed E-state index contributed by atoms with van der Waals surface area (Å²) < 4.78 is 6.79. The van der Waals surface area contributed by atoms with Gasteiger partial charge < -0.3 is 14.4 Å². The Balaban J connectivity index is 1.69. The van der Waals surface area contributed by atoms with E-state index in [1.54, 1.807) is 17.6 Å². The summed E-state index contributed by atoms with van der Waals surface area (Å²) >= 11 is 6.47. The number of carbonyl (C=O) groups excluding carboxylic acids is 1. The lowest BCUT2D eigenvalue weighted by Gasteiger charge is -2.31. The molecule has 0 radical (unpaired) electrons. The molecule has 0 amide bonds. The van der Waals surface area contributed by atoms with E-state index < -0.39 is 11.6 Å². The summed E-state index contributed by atoms with van der Waals surface area (Å²) in [6.45, 7) is 1.88. The van der Waals surface area contributed by atoms with E-state index in [-0.39, 0.29) is 24.5 Å². The first-order valence-corrected chi connectivity index (χ1v) is 11.1. The zero-order valence-electron chi connectivity index (χ0n) is 17.3. The molecular weight excluding hydrogens is 428 g/mol. The van der Waals surface area contributed by atoms with Crippen LogP contribution in [0.2, 0.25) is 0 Å². The van der Waals surface area contributed by atoms with E-state index in [9.17, 15) is 14.7 Å². The highest BCUT2D eigenvalue weighted by atomic mass is 35.5. The number of aromatic nitrogens is 2. The van der Waals surface area contributed by atoms with Crippen LogP contribution in [0.1, 0.15) is 35.6 Å². The second kappa shape index (κ2) is 6.64. The highest BCUT2D eigenvalue weighted by molar-refractivity contribution is 6.20. The predicted octanol–water partition coefficient (Wildman–Crippen LogP) is 3.97. The summed E-state index contributed by atoms with van der Waals surface area (Å²) in [6, 6.07) is 13.8. The van der Waals surface area contributed by atoms with Gasteiger partial charge in [0.1, 0.15) is 6.61 Å². The van der Waals surface area contributed by atoms with Gasteiger partial charge in [0.15, 0.2) is 5.60 Å². The molecule has 0 saturated carbocycles. The second-order valence-corrected chi connectivity index (χ2v) is 8.60. The van der Waals surface area contributed by atoms with Gasteiger partial charge in [-0.25, -0.2) is 9.78 Å². The Morgan fingerprint density at radius 3 is 2.78 bits per heavy atom. The fourth-order valence-corrected chi connectivity index (χ4v) is 5.39. The minimum absolute atomic E-state index is 0.110. The van der Waals surface area contributed by atoms with Crippen molar-refractivity contribution in [1.82, 2.24) is 9.55 Å². The minimum Gasteiger partial charge on any atom is -0.458 e. The van der Waals surface area contributed by atoms with Crippen LogP contribution in [0.4, 0.5) is 0 Å². The van der Waals surface area contributed by atoms with Crippen LogP contribution in [0, 0.1) is 0 Å². The smallest absolute Gasteiger partial charge is 0.343 e. The number of hydrogen-bond acceptors (Lipinski definition) is 5. The molecule has 0 aliphatic carbocycles. The Labute approximate surface area is 188 Å². The number of esters is 1. The van der Waals surface area contributed by atoms with E-state index in [4.69, 9.17) is 21.3 Å². The maximum absolute atomic E-state index is 13.4. The third kappa shape index (κ3) is 2.36. The number of hydrogen-bond donors (Lipinski definition) is 1. The predicted molar refractivity (Wildman–Crippen MR) is 122 cm³/mol. The molecule has 0 bridgehead atoms. The third-order valence-corrected chi connectivity index (χ3v) is 7.09. The number of aliphatic hydroxyl groups is 1. The molecule has 0 unspecified atom stereocenters. The molecule has 0 spiro atoms. The molecule has 2 aromatic carbocycles. The van der Waals surface area contributed by atoms with E-state index in [2.05, 4.69) is 12.1 Å². The molecule has 0 fully saturated rings. The molecule has 4 aromatic rings. The lowest BCUT2D eigenvalue weighted by Crippen LogP contribution is -2.44. The average molecular weight is 447 g/mol. The molecule has 0 saturated heterocycles.